The summed E-state index contributed by atoms with van der Waals surface area (Å²) >= 11 is 0. The zero-order valence-corrected chi connectivity index (χ0v) is 16.5. The molecule has 2 aromatic heterocycles. The number of nitrogens with zero attached hydrogens (tertiary/aromatic N) is 4. The Balaban J connectivity index is 1.61. The van der Waals surface area contributed by atoms with Gasteiger partial charge in [0.2, 0.25) is 0 Å². The highest BCUT2D eigenvalue weighted by Gasteiger charge is 2.15. The van der Waals surface area contributed by atoms with Crippen molar-refractivity contribution in [1.29, 1.82) is 0 Å². The van der Waals surface area contributed by atoms with Crippen LogP contribution >= 0.6 is 0 Å². The summed E-state index contributed by atoms with van der Waals surface area (Å²) in [7, 11) is -3.65. The van der Waals surface area contributed by atoms with Crippen LogP contribution in [0.3, 0.4) is 0 Å². The first-order valence-electron chi connectivity index (χ1n) is 8.72. The van der Waals surface area contributed by atoms with E-state index in [4.69, 9.17) is 0 Å². The number of benzene rings is 2. The largest absolute Gasteiger partial charge is 0.280 e. The third kappa shape index (κ3) is 3.46. The average molecular weight is 393 g/mol. The number of aromatic nitrogens is 4. The van der Waals surface area contributed by atoms with E-state index in [2.05, 4.69) is 20.0 Å². The molecule has 2 heterocycles. The minimum Gasteiger partial charge on any atom is -0.280 e. The highest BCUT2D eigenvalue weighted by Crippen LogP contribution is 2.23. The van der Waals surface area contributed by atoms with Crippen molar-refractivity contribution in [3.8, 4) is 11.3 Å². The maximum atomic E-state index is 12.7. The van der Waals surface area contributed by atoms with Crippen LogP contribution < -0.4 is 4.72 Å². The van der Waals surface area contributed by atoms with Gasteiger partial charge in [0.15, 0.2) is 11.5 Å². The zero-order valence-electron chi connectivity index (χ0n) is 15.7. The van der Waals surface area contributed by atoms with Crippen molar-refractivity contribution in [1.82, 2.24) is 19.8 Å². The van der Waals surface area contributed by atoms with E-state index in [1.54, 1.807) is 28.8 Å². The number of nitrogens with one attached hydrogen (secondary N) is 1. The highest BCUT2D eigenvalue weighted by molar-refractivity contribution is 7.92. The molecule has 0 aliphatic carbocycles. The number of hydrogen-bond donors (Lipinski definition) is 1. The van der Waals surface area contributed by atoms with E-state index >= 15 is 0 Å². The second kappa shape index (κ2) is 6.72. The normalized spacial score (nSPS) is 11.7. The molecule has 2 aromatic carbocycles. The van der Waals surface area contributed by atoms with Crippen LogP contribution in [0, 0.1) is 20.8 Å². The van der Waals surface area contributed by atoms with Crippen LogP contribution in [0.4, 0.5) is 5.69 Å². The number of sulfonamides is 1. The summed E-state index contributed by atoms with van der Waals surface area (Å²) in [5.41, 5.74) is 4.59. The number of anilines is 1. The van der Waals surface area contributed by atoms with Gasteiger partial charge in [-0.25, -0.2) is 8.42 Å². The minimum absolute atomic E-state index is 0.254. The molecule has 0 unspecified atom stereocenters. The molecule has 0 saturated carbocycles. The molecule has 0 bridgehead atoms. The number of aryl methyl sites for hydroxylation is 3. The number of hydrogen-bond acceptors (Lipinski definition) is 5. The number of fused-ring (bicyclic) bond motifs is 1. The fraction of sp³-hybridized carbons (Fsp3) is 0.150. The Bertz CT molecular complexity index is 1260. The van der Waals surface area contributed by atoms with Gasteiger partial charge < -0.3 is 0 Å². The Morgan fingerprint density at radius 2 is 1.54 bits per heavy atom. The Morgan fingerprint density at radius 1 is 0.857 bits per heavy atom. The van der Waals surface area contributed by atoms with Crippen molar-refractivity contribution >= 4 is 21.4 Å². The van der Waals surface area contributed by atoms with Gasteiger partial charge in [0, 0.05) is 11.3 Å². The van der Waals surface area contributed by atoms with Gasteiger partial charge in [-0.2, -0.15) is 9.61 Å². The lowest BCUT2D eigenvalue weighted by Gasteiger charge is -2.10. The summed E-state index contributed by atoms with van der Waals surface area (Å²) in [6.45, 7) is 5.59. The monoisotopic (exact) mass is 393 g/mol. The fourth-order valence-corrected chi connectivity index (χ4v) is 4.31. The van der Waals surface area contributed by atoms with Crippen LogP contribution in [0.2, 0.25) is 0 Å². The van der Waals surface area contributed by atoms with Gasteiger partial charge in [-0.05, 0) is 68.3 Å². The second-order valence-corrected chi connectivity index (χ2v) is 8.42. The van der Waals surface area contributed by atoms with Crippen LogP contribution in [-0.2, 0) is 10.0 Å². The van der Waals surface area contributed by atoms with Gasteiger partial charge in [-0.3, -0.25) is 4.72 Å². The summed E-state index contributed by atoms with van der Waals surface area (Å²) in [6, 6.07) is 16.1. The minimum atomic E-state index is -3.65. The van der Waals surface area contributed by atoms with Crippen molar-refractivity contribution in [2.24, 2.45) is 0 Å². The predicted molar refractivity (Wildman–Crippen MR) is 108 cm³/mol. The van der Waals surface area contributed by atoms with Crippen LogP contribution in [0.15, 0.2) is 59.5 Å². The Labute approximate surface area is 163 Å². The molecule has 0 aliphatic rings. The summed E-state index contributed by atoms with van der Waals surface area (Å²) in [6.07, 6.45) is 0. The third-order valence-corrected chi connectivity index (χ3v) is 5.72. The molecule has 0 spiro atoms. The molecular formula is C20H19N5O2S. The van der Waals surface area contributed by atoms with Crippen LogP contribution in [0.5, 0.6) is 0 Å². The van der Waals surface area contributed by atoms with Crippen molar-refractivity contribution in [2.75, 3.05) is 4.72 Å². The molecule has 142 valence electrons. The van der Waals surface area contributed by atoms with E-state index < -0.39 is 10.0 Å². The molecular weight excluding hydrogens is 374 g/mol. The van der Waals surface area contributed by atoms with Gasteiger partial charge in [-0.15, -0.1) is 10.2 Å². The summed E-state index contributed by atoms with van der Waals surface area (Å²) in [5, 5.41) is 12.6. The van der Waals surface area contributed by atoms with Crippen LogP contribution in [-0.4, -0.2) is 28.2 Å². The SMILES string of the molecule is Cc1cc(C)cc(S(=O)(=O)Nc2ccc(-c3ccc4nnc(C)n4n3)cc2)c1. The Kier molecular flexibility index (Phi) is 4.35. The maximum absolute atomic E-state index is 12.7. The molecule has 7 nitrogen and oxygen atoms in total. The molecule has 0 radical (unpaired) electrons. The molecule has 8 heteroatoms. The fourth-order valence-electron chi connectivity index (χ4n) is 3.06. The second-order valence-electron chi connectivity index (χ2n) is 6.74. The molecule has 0 aliphatic heterocycles. The van der Waals surface area contributed by atoms with Crippen LogP contribution in [0.25, 0.3) is 16.9 Å². The van der Waals surface area contributed by atoms with Gasteiger partial charge in [0.05, 0.1) is 10.6 Å². The van der Waals surface area contributed by atoms with E-state index in [0.717, 1.165) is 22.4 Å². The van der Waals surface area contributed by atoms with E-state index in [0.29, 0.717) is 17.2 Å². The molecule has 4 aromatic rings. The molecule has 0 atom stereocenters. The summed E-state index contributed by atoms with van der Waals surface area (Å²) < 4.78 is 29.7. The quantitative estimate of drug-likeness (QED) is 0.573. The van der Waals surface area contributed by atoms with E-state index in [1.165, 1.54) is 0 Å². The zero-order chi connectivity index (χ0) is 19.9. The van der Waals surface area contributed by atoms with E-state index in [1.807, 2.05) is 51.1 Å². The average Bonchev–Trinajstić information content (AvgIpc) is 3.02. The van der Waals surface area contributed by atoms with E-state index in [9.17, 15) is 8.42 Å². The summed E-state index contributed by atoms with van der Waals surface area (Å²) in [5.74, 6) is 0.703. The highest BCUT2D eigenvalue weighted by atomic mass is 32.2. The molecule has 4 rings (SSSR count). The molecule has 0 amide bonds. The lowest BCUT2D eigenvalue weighted by atomic mass is 10.1. The van der Waals surface area contributed by atoms with Crippen LogP contribution in [0.1, 0.15) is 17.0 Å². The van der Waals surface area contributed by atoms with Crippen molar-refractivity contribution in [3.05, 3.63) is 71.5 Å². The topological polar surface area (TPSA) is 89.2 Å². The van der Waals surface area contributed by atoms with Crippen molar-refractivity contribution < 1.29 is 8.42 Å². The smallest absolute Gasteiger partial charge is 0.261 e. The first kappa shape index (κ1) is 18.1. The molecule has 1 N–H and O–H groups in total. The number of rotatable bonds is 4. The molecule has 0 fully saturated rings. The lowest BCUT2D eigenvalue weighted by Crippen LogP contribution is -2.13. The standard InChI is InChI=1S/C20H19N5O2S/c1-13-10-14(2)12-18(11-13)28(26,27)24-17-6-4-16(5-7-17)19-8-9-20-22-21-15(3)25(20)23-19/h4-12,24H,1-3H3. The Morgan fingerprint density at radius 3 is 2.21 bits per heavy atom. The van der Waals surface area contributed by atoms with E-state index in [-0.39, 0.29) is 4.90 Å². The van der Waals surface area contributed by atoms with Crippen molar-refractivity contribution in [2.45, 2.75) is 25.7 Å². The summed E-state index contributed by atoms with van der Waals surface area (Å²) in [4.78, 5) is 0.254. The maximum Gasteiger partial charge on any atom is 0.261 e. The third-order valence-electron chi connectivity index (χ3n) is 4.36. The lowest BCUT2D eigenvalue weighted by molar-refractivity contribution is 0.601. The van der Waals surface area contributed by atoms with Crippen molar-refractivity contribution in [3.63, 3.8) is 0 Å². The first-order chi connectivity index (χ1) is 13.3. The van der Waals surface area contributed by atoms with Gasteiger partial charge >= 0.3 is 0 Å². The Hall–Kier alpha value is -3.26. The van der Waals surface area contributed by atoms with Gasteiger partial charge in [0.25, 0.3) is 10.0 Å². The predicted octanol–water partition coefficient (Wildman–Crippen LogP) is 3.52. The first-order valence-corrected chi connectivity index (χ1v) is 10.2. The molecule has 28 heavy (non-hydrogen) atoms. The van der Waals surface area contributed by atoms with Gasteiger partial charge in [-0.1, -0.05) is 18.2 Å². The van der Waals surface area contributed by atoms with Gasteiger partial charge in [0.1, 0.15) is 0 Å². The molecule has 0 saturated heterocycles.